The number of hydrogen-bond acceptors (Lipinski definition) is 3. The zero-order valence-electron chi connectivity index (χ0n) is 6.07. The van der Waals surface area contributed by atoms with Crippen molar-refractivity contribution in [2.24, 2.45) is 0 Å². The van der Waals surface area contributed by atoms with E-state index in [0.717, 1.165) is 0 Å². The summed E-state index contributed by atoms with van der Waals surface area (Å²) in [7, 11) is 0. The average Bonchev–Trinajstić information content (AvgIpc) is 1.88. The van der Waals surface area contributed by atoms with Gasteiger partial charge in [0.15, 0.2) is 0 Å². The maximum Gasteiger partial charge on any atom is 1.00 e. The molecule has 0 unspecified atom stereocenters. The van der Waals surface area contributed by atoms with E-state index in [-0.39, 0.29) is 30.2 Å². The van der Waals surface area contributed by atoms with Crippen LogP contribution in [0.15, 0.2) is 24.3 Å². The van der Waals surface area contributed by atoms with Gasteiger partial charge in [-0.25, -0.2) is 0 Å². The van der Waals surface area contributed by atoms with Gasteiger partial charge < -0.3 is 15.0 Å². The number of benzene rings is 1. The summed E-state index contributed by atoms with van der Waals surface area (Å²) in [5, 5.41) is 18.8. The molecule has 1 aromatic carbocycles. The largest absolute Gasteiger partial charge is 1.00 e. The molecule has 0 radical (unpaired) electrons. The van der Waals surface area contributed by atoms with E-state index >= 15 is 0 Å². The predicted molar refractivity (Wildman–Crippen MR) is 32.4 cm³/mol. The summed E-state index contributed by atoms with van der Waals surface area (Å²) in [6, 6.07) is 5.16. The maximum atomic E-state index is 10.1. The monoisotopic (exact) mass is 144 g/mol. The SMILES string of the molecule is O=C([O-])c1ccc(O)cc1.[Li+]. The summed E-state index contributed by atoms with van der Waals surface area (Å²) in [6.45, 7) is 0. The van der Waals surface area contributed by atoms with Gasteiger partial charge in [0.25, 0.3) is 0 Å². The van der Waals surface area contributed by atoms with Crippen LogP contribution < -0.4 is 24.0 Å². The number of carboxylic acids is 1. The number of hydrogen-bond donors (Lipinski definition) is 1. The molecule has 11 heavy (non-hydrogen) atoms. The van der Waals surface area contributed by atoms with Crippen LogP contribution in [0.4, 0.5) is 0 Å². The van der Waals surface area contributed by atoms with Gasteiger partial charge in [-0.1, -0.05) is 0 Å². The fourth-order valence-corrected chi connectivity index (χ4v) is 0.598. The molecule has 0 saturated carbocycles. The van der Waals surface area contributed by atoms with Gasteiger partial charge in [-0.15, -0.1) is 0 Å². The molecule has 0 aliphatic rings. The molecule has 52 valence electrons. The van der Waals surface area contributed by atoms with Gasteiger partial charge in [-0.05, 0) is 29.8 Å². The minimum Gasteiger partial charge on any atom is -0.545 e. The van der Waals surface area contributed by atoms with Crippen LogP contribution in [0.25, 0.3) is 0 Å². The number of carbonyl (C=O) groups is 1. The molecular weight excluding hydrogens is 139 g/mol. The summed E-state index contributed by atoms with van der Waals surface area (Å²) in [6.07, 6.45) is 0. The Hall–Kier alpha value is -0.913. The maximum absolute atomic E-state index is 10.1. The number of aromatic carboxylic acids is 1. The molecule has 0 fully saturated rings. The Kier molecular flexibility index (Phi) is 3.73. The molecule has 1 N–H and O–H groups in total. The number of carbonyl (C=O) groups excluding carboxylic acids is 1. The van der Waals surface area contributed by atoms with E-state index in [1.165, 1.54) is 24.3 Å². The first-order chi connectivity index (χ1) is 4.70. The fraction of sp³-hybridized carbons (Fsp3) is 0. The van der Waals surface area contributed by atoms with Crippen molar-refractivity contribution < 1.29 is 33.9 Å². The van der Waals surface area contributed by atoms with E-state index in [1.807, 2.05) is 0 Å². The first-order valence-electron chi connectivity index (χ1n) is 2.70. The predicted octanol–water partition coefficient (Wildman–Crippen LogP) is -3.24. The smallest absolute Gasteiger partial charge is 0.545 e. The molecule has 0 atom stereocenters. The van der Waals surface area contributed by atoms with Crippen molar-refractivity contribution in [1.82, 2.24) is 0 Å². The minimum absolute atomic E-state index is 0. The normalized spacial score (nSPS) is 8.36. The molecule has 0 aromatic heterocycles. The zero-order valence-corrected chi connectivity index (χ0v) is 6.07. The Balaban J connectivity index is 0.000001000. The topological polar surface area (TPSA) is 60.4 Å². The van der Waals surface area contributed by atoms with Gasteiger partial charge >= 0.3 is 18.9 Å². The standard InChI is InChI=1S/C7H6O3.Li/c8-6-3-1-5(2-4-6)7(9)10;/h1-4,8H,(H,9,10);/q;+1/p-1. The van der Waals surface area contributed by atoms with Crippen LogP contribution in [0, 0.1) is 0 Å². The van der Waals surface area contributed by atoms with E-state index in [0.29, 0.717) is 0 Å². The van der Waals surface area contributed by atoms with E-state index in [9.17, 15) is 9.90 Å². The Labute approximate surface area is 75.8 Å². The molecule has 0 bridgehead atoms. The minimum atomic E-state index is -1.24. The average molecular weight is 144 g/mol. The van der Waals surface area contributed by atoms with Crippen LogP contribution in [0.2, 0.25) is 0 Å². The molecule has 3 nitrogen and oxygen atoms in total. The van der Waals surface area contributed by atoms with Crippen LogP contribution in [0.3, 0.4) is 0 Å². The van der Waals surface area contributed by atoms with E-state index in [2.05, 4.69) is 0 Å². The Morgan fingerprint density at radius 3 is 2.09 bits per heavy atom. The summed E-state index contributed by atoms with van der Waals surface area (Å²) in [5.41, 5.74) is 0.0674. The van der Waals surface area contributed by atoms with Crippen molar-refractivity contribution in [3.05, 3.63) is 29.8 Å². The second-order valence-corrected chi connectivity index (χ2v) is 1.83. The van der Waals surface area contributed by atoms with Gasteiger partial charge in [0.2, 0.25) is 0 Å². The zero-order chi connectivity index (χ0) is 7.56. The third kappa shape index (κ3) is 2.67. The fourth-order valence-electron chi connectivity index (χ4n) is 0.598. The van der Waals surface area contributed by atoms with Crippen molar-refractivity contribution in [1.29, 1.82) is 0 Å². The summed E-state index contributed by atoms with van der Waals surface area (Å²) in [5.74, 6) is -1.19. The van der Waals surface area contributed by atoms with E-state index in [4.69, 9.17) is 5.11 Å². The van der Waals surface area contributed by atoms with Crippen LogP contribution in [-0.2, 0) is 0 Å². The molecule has 0 amide bonds. The van der Waals surface area contributed by atoms with Gasteiger partial charge in [-0.2, -0.15) is 0 Å². The second kappa shape index (κ2) is 4.07. The Morgan fingerprint density at radius 1 is 1.27 bits per heavy atom. The molecule has 0 heterocycles. The number of phenolic OH excluding ortho intramolecular Hbond substituents is 1. The van der Waals surface area contributed by atoms with Crippen LogP contribution in [-0.4, -0.2) is 11.1 Å². The van der Waals surface area contributed by atoms with Crippen molar-refractivity contribution in [2.45, 2.75) is 0 Å². The molecular formula is C7H5LiO3. The number of aromatic hydroxyl groups is 1. The Bertz CT molecular complexity index is 242. The summed E-state index contributed by atoms with van der Waals surface area (Å²) in [4.78, 5) is 10.1. The molecule has 1 rings (SSSR count). The Morgan fingerprint density at radius 2 is 1.73 bits per heavy atom. The summed E-state index contributed by atoms with van der Waals surface area (Å²) >= 11 is 0. The van der Waals surface area contributed by atoms with Gasteiger partial charge in [0, 0.05) is 0 Å². The van der Waals surface area contributed by atoms with Crippen molar-refractivity contribution in [3.63, 3.8) is 0 Å². The molecule has 0 spiro atoms. The number of rotatable bonds is 1. The van der Waals surface area contributed by atoms with E-state index in [1.54, 1.807) is 0 Å². The van der Waals surface area contributed by atoms with Gasteiger partial charge in [-0.3, -0.25) is 0 Å². The number of phenols is 1. The third-order valence-corrected chi connectivity index (χ3v) is 1.10. The van der Waals surface area contributed by atoms with Gasteiger partial charge in [0.05, 0.1) is 5.97 Å². The quantitative estimate of drug-likeness (QED) is 0.421. The van der Waals surface area contributed by atoms with Crippen molar-refractivity contribution >= 4 is 5.97 Å². The third-order valence-electron chi connectivity index (χ3n) is 1.10. The molecule has 0 aliphatic heterocycles. The molecule has 1 aromatic rings. The first kappa shape index (κ1) is 10.1. The van der Waals surface area contributed by atoms with Crippen LogP contribution in [0.5, 0.6) is 5.75 Å². The van der Waals surface area contributed by atoms with Crippen LogP contribution >= 0.6 is 0 Å². The molecule has 0 saturated heterocycles. The van der Waals surface area contributed by atoms with Crippen LogP contribution in [0.1, 0.15) is 10.4 Å². The molecule has 4 heteroatoms. The van der Waals surface area contributed by atoms with Gasteiger partial charge in [0.1, 0.15) is 5.75 Å². The second-order valence-electron chi connectivity index (χ2n) is 1.83. The first-order valence-corrected chi connectivity index (χ1v) is 2.70. The van der Waals surface area contributed by atoms with Crippen molar-refractivity contribution in [3.8, 4) is 5.75 Å². The number of carboxylic acid groups (broad SMARTS) is 1. The van der Waals surface area contributed by atoms with Crippen molar-refractivity contribution in [2.75, 3.05) is 0 Å². The summed E-state index contributed by atoms with van der Waals surface area (Å²) < 4.78 is 0. The molecule has 0 aliphatic carbocycles. The van der Waals surface area contributed by atoms with E-state index < -0.39 is 5.97 Å².